The Hall–Kier alpha value is -3.39. The number of aromatic nitrogens is 1. The van der Waals surface area contributed by atoms with Crippen LogP contribution < -0.4 is 24.2 Å². The third kappa shape index (κ3) is 7.31. The van der Waals surface area contributed by atoms with E-state index in [0.29, 0.717) is 26.3 Å². The molecule has 1 aromatic heterocycles. The number of hydrogen-bond donors (Lipinski definition) is 0. The van der Waals surface area contributed by atoms with Crippen molar-refractivity contribution < 1.29 is 46.1 Å². The molecular formula is C22H22F4N2O7S. The van der Waals surface area contributed by atoms with E-state index in [1.807, 2.05) is 0 Å². The zero-order valence-electron chi connectivity index (χ0n) is 19.0. The molecule has 2 heterocycles. The third-order valence-corrected chi connectivity index (χ3v) is 5.89. The summed E-state index contributed by atoms with van der Waals surface area (Å²) in [6, 6.07) is 3.09. The quantitative estimate of drug-likeness (QED) is 0.352. The van der Waals surface area contributed by atoms with Crippen LogP contribution in [0.3, 0.4) is 0 Å². The number of benzene rings is 1. The molecule has 1 aliphatic rings. The van der Waals surface area contributed by atoms with Gasteiger partial charge in [-0.3, -0.25) is 14.2 Å². The smallest absolute Gasteiger partial charge is 0.387 e. The van der Waals surface area contributed by atoms with E-state index in [9.17, 15) is 31.9 Å². The van der Waals surface area contributed by atoms with Crippen LogP contribution in [0.25, 0.3) is 12.2 Å². The lowest BCUT2D eigenvalue weighted by Crippen LogP contribution is -2.45. The van der Waals surface area contributed by atoms with Crippen molar-refractivity contribution in [2.24, 2.45) is 0 Å². The van der Waals surface area contributed by atoms with Crippen LogP contribution in [0, 0.1) is 0 Å². The second-order valence-electron chi connectivity index (χ2n) is 7.19. The lowest BCUT2D eigenvalue weighted by molar-refractivity contribution is -0.136. The molecule has 0 atom stereocenters. The van der Waals surface area contributed by atoms with Crippen LogP contribution in [0.5, 0.6) is 11.5 Å². The number of ether oxygens (including phenoxy) is 4. The molecule has 14 heteroatoms. The summed E-state index contributed by atoms with van der Waals surface area (Å²) in [5.41, 5.74) is -0.710. The van der Waals surface area contributed by atoms with Crippen LogP contribution >= 0.6 is 11.3 Å². The Morgan fingerprint density at radius 2 is 1.83 bits per heavy atom. The van der Waals surface area contributed by atoms with Gasteiger partial charge in [0.25, 0.3) is 5.56 Å². The Kier molecular flexibility index (Phi) is 9.47. The van der Waals surface area contributed by atoms with E-state index in [0.717, 1.165) is 40.2 Å². The van der Waals surface area contributed by atoms with Crippen molar-refractivity contribution in [3.63, 3.8) is 0 Å². The van der Waals surface area contributed by atoms with Crippen molar-refractivity contribution in [1.29, 1.82) is 0 Å². The first-order chi connectivity index (χ1) is 17.2. The Morgan fingerprint density at radius 1 is 1.14 bits per heavy atom. The van der Waals surface area contributed by atoms with E-state index in [4.69, 9.17) is 9.47 Å². The summed E-state index contributed by atoms with van der Waals surface area (Å²) in [7, 11) is 0. The highest BCUT2D eigenvalue weighted by atomic mass is 32.1. The van der Waals surface area contributed by atoms with Gasteiger partial charge >= 0.3 is 19.2 Å². The Bertz CT molecular complexity index is 1260. The summed E-state index contributed by atoms with van der Waals surface area (Å²) in [4.78, 5) is 39.5. The van der Waals surface area contributed by atoms with Gasteiger partial charge in [0.1, 0.15) is 22.7 Å². The average molecular weight is 534 g/mol. The molecule has 1 amide bonds. The summed E-state index contributed by atoms with van der Waals surface area (Å²) in [5.74, 6) is -2.05. The van der Waals surface area contributed by atoms with Crippen LogP contribution in [0.2, 0.25) is 0 Å². The van der Waals surface area contributed by atoms with Gasteiger partial charge in [0.05, 0.1) is 30.4 Å². The highest BCUT2D eigenvalue weighted by Gasteiger charge is 2.20. The second kappa shape index (κ2) is 12.5. The molecule has 0 N–H and O–H groups in total. The van der Waals surface area contributed by atoms with Crippen molar-refractivity contribution in [2.45, 2.75) is 26.7 Å². The molecule has 196 valence electrons. The predicted octanol–water partition coefficient (Wildman–Crippen LogP) is 1.14. The van der Waals surface area contributed by atoms with E-state index in [1.165, 1.54) is 11.0 Å². The maximum atomic E-state index is 13.2. The first-order valence-corrected chi connectivity index (χ1v) is 11.5. The largest absolute Gasteiger partial charge is 0.463 e. The van der Waals surface area contributed by atoms with Gasteiger partial charge in [-0.15, -0.1) is 11.3 Å². The van der Waals surface area contributed by atoms with E-state index in [2.05, 4.69) is 9.47 Å². The van der Waals surface area contributed by atoms with Crippen molar-refractivity contribution in [3.8, 4) is 11.5 Å². The molecular weight excluding hydrogens is 512 g/mol. The zero-order chi connectivity index (χ0) is 26.2. The lowest BCUT2D eigenvalue weighted by Gasteiger charge is -2.26. The van der Waals surface area contributed by atoms with E-state index < -0.39 is 36.3 Å². The number of hydrogen-bond acceptors (Lipinski definition) is 8. The fourth-order valence-electron chi connectivity index (χ4n) is 3.27. The molecule has 0 spiro atoms. The molecule has 0 unspecified atom stereocenters. The second-order valence-corrected chi connectivity index (χ2v) is 8.25. The van der Waals surface area contributed by atoms with Gasteiger partial charge in [0, 0.05) is 24.7 Å². The maximum absolute atomic E-state index is 13.2. The van der Waals surface area contributed by atoms with Crippen molar-refractivity contribution in [3.05, 3.63) is 43.3 Å². The molecule has 0 aliphatic carbocycles. The van der Waals surface area contributed by atoms with Crippen molar-refractivity contribution in [1.82, 2.24) is 9.47 Å². The fourth-order valence-corrected chi connectivity index (χ4v) is 4.30. The van der Waals surface area contributed by atoms with Crippen LogP contribution in [0.1, 0.15) is 12.5 Å². The van der Waals surface area contributed by atoms with Crippen LogP contribution in [-0.4, -0.2) is 67.5 Å². The molecule has 0 radical (unpaired) electrons. The molecule has 9 nitrogen and oxygen atoms in total. The number of halogens is 4. The molecule has 1 saturated heterocycles. The van der Waals surface area contributed by atoms with Crippen molar-refractivity contribution in [2.75, 3.05) is 32.9 Å². The summed E-state index contributed by atoms with van der Waals surface area (Å²) in [6.45, 7) is -3.78. The number of thiazole rings is 1. The summed E-state index contributed by atoms with van der Waals surface area (Å²) in [6.07, 6.45) is 2.24. The van der Waals surface area contributed by atoms with Crippen molar-refractivity contribution >= 4 is 35.4 Å². The van der Waals surface area contributed by atoms with Crippen LogP contribution in [0.15, 0.2) is 23.0 Å². The van der Waals surface area contributed by atoms with Gasteiger partial charge in [0.15, 0.2) is 0 Å². The maximum Gasteiger partial charge on any atom is 0.387 e. The number of esters is 1. The number of carbonyl (C=O) groups excluding carboxylic acids is 2. The summed E-state index contributed by atoms with van der Waals surface area (Å²) in [5, 5.41) is 0. The highest BCUT2D eigenvalue weighted by Crippen LogP contribution is 2.28. The van der Waals surface area contributed by atoms with Gasteiger partial charge in [-0.2, -0.15) is 17.6 Å². The first-order valence-electron chi connectivity index (χ1n) is 10.7. The molecule has 2 aromatic rings. The molecule has 1 fully saturated rings. The first kappa shape index (κ1) is 27.2. The van der Waals surface area contributed by atoms with Crippen LogP contribution in [-0.2, 0) is 25.6 Å². The Labute approximate surface area is 205 Å². The van der Waals surface area contributed by atoms with Gasteiger partial charge in [0.2, 0.25) is 5.91 Å². The van der Waals surface area contributed by atoms with E-state index >= 15 is 0 Å². The average Bonchev–Trinajstić information content (AvgIpc) is 3.09. The molecule has 0 saturated carbocycles. The topological polar surface area (TPSA) is 96.3 Å². The molecule has 0 bridgehead atoms. The highest BCUT2D eigenvalue weighted by molar-refractivity contribution is 7.07. The number of amides is 1. The minimum absolute atomic E-state index is 0.0260. The van der Waals surface area contributed by atoms with Crippen LogP contribution in [0.4, 0.5) is 17.6 Å². The SMILES string of the molecule is CCOC(=O)C=c1sc(=Cc2ccc(OC(F)F)cc2OC(F)F)c(=O)n1CC(=O)N1CCOCC1. The standard InChI is InChI=1S/C22H22F4N2O7S/c1-2-33-19(30)11-18-28(12-17(29)27-5-7-32-8-6-27)20(31)16(36-18)9-13-3-4-14(34-21(23)24)10-15(13)35-22(25)26/h3-4,9-11,21-22H,2,5-8,12H2,1H3. The number of morpholine rings is 1. The normalized spacial score (nSPS) is 15.0. The Morgan fingerprint density at radius 3 is 2.47 bits per heavy atom. The molecule has 36 heavy (non-hydrogen) atoms. The summed E-state index contributed by atoms with van der Waals surface area (Å²) < 4.78 is 70.8. The number of carbonyl (C=O) groups is 2. The Balaban J connectivity index is 2.08. The zero-order valence-corrected chi connectivity index (χ0v) is 19.8. The minimum Gasteiger partial charge on any atom is -0.463 e. The monoisotopic (exact) mass is 534 g/mol. The summed E-state index contributed by atoms with van der Waals surface area (Å²) >= 11 is 0.815. The number of rotatable bonds is 9. The van der Waals surface area contributed by atoms with E-state index in [1.54, 1.807) is 6.92 Å². The number of nitrogens with zero attached hydrogens (tertiary/aromatic N) is 2. The van der Waals surface area contributed by atoms with Gasteiger partial charge in [-0.25, -0.2) is 4.79 Å². The minimum atomic E-state index is -3.28. The third-order valence-electron chi connectivity index (χ3n) is 4.83. The molecule has 3 rings (SSSR count). The lowest BCUT2D eigenvalue weighted by atomic mass is 10.2. The number of alkyl halides is 4. The fraction of sp³-hybridized carbons (Fsp3) is 0.409. The predicted molar refractivity (Wildman–Crippen MR) is 120 cm³/mol. The van der Waals surface area contributed by atoms with Gasteiger partial charge < -0.3 is 23.8 Å². The van der Waals surface area contributed by atoms with Gasteiger partial charge in [-0.1, -0.05) is 0 Å². The molecule has 1 aliphatic heterocycles. The molecule has 1 aromatic carbocycles. The van der Waals surface area contributed by atoms with E-state index in [-0.39, 0.29) is 33.8 Å². The van der Waals surface area contributed by atoms with Gasteiger partial charge in [-0.05, 0) is 25.1 Å².